The van der Waals surface area contributed by atoms with Crippen molar-refractivity contribution in [3.63, 3.8) is 0 Å². The molecule has 1 amide bonds. The van der Waals surface area contributed by atoms with Crippen LogP contribution >= 0.6 is 0 Å². The fourth-order valence-electron chi connectivity index (χ4n) is 3.37. The molecule has 1 aromatic heterocycles. The number of aryl methyl sites for hydroxylation is 1. The Kier molecular flexibility index (Phi) is 5.50. The number of nitrogens with zero attached hydrogens (tertiary/aromatic N) is 4. The van der Waals surface area contributed by atoms with Gasteiger partial charge in [-0.2, -0.15) is 5.10 Å². The van der Waals surface area contributed by atoms with E-state index in [1.54, 1.807) is 23.0 Å². The Bertz CT molecular complexity index is 762. The van der Waals surface area contributed by atoms with Crippen LogP contribution in [0.2, 0.25) is 0 Å². The maximum absolute atomic E-state index is 12.5. The van der Waals surface area contributed by atoms with Gasteiger partial charge in [-0.25, -0.2) is 4.98 Å². The van der Waals surface area contributed by atoms with Crippen LogP contribution in [0.4, 0.5) is 0 Å². The Hall–Kier alpha value is -2.90. The number of methoxy groups -OCH3 is 1. The minimum Gasteiger partial charge on any atom is -0.497 e. The highest BCUT2D eigenvalue weighted by Crippen LogP contribution is 2.34. The summed E-state index contributed by atoms with van der Waals surface area (Å²) in [6.45, 7) is 1.26. The van der Waals surface area contributed by atoms with E-state index in [2.05, 4.69) is 10.1 Å². The van der Waals surface area contributed by atoms with Gasteiger partial charge in [0.1, 0.15) is 18.4 Å². The molecule has 0 spiro atoms. The lowest BCUT2D eigenvalue weighted by molar-refractivity contribution is -0.141. The van der Waals surface area contributed by atoms with Crippen LogP contribution in [0.25, 0.3) is 0 Å². The Balaban J connectivity index is 1.64. The molecule has 1 N–H and O–H groups in total. The standard InChI is InChI=1S/C18H22N4O4/c1-26-14-5-2-4-13(8-14)15-9-21(10-16(15)18(24)25)17(23)6-3-7-22-12-19-11-20-22/h2,4-5,8,11-12,15-16H,3,6-7,9-10H2,1H3,(H,24,25)/t15-,16+/m0/s1. The first kappa shape index (κ1) is 17.9. The van der Waals surface area contributed by atoms with Gasteiger partial charge in [0.2, 0.25) is 5.91 Å². The molecule has 138 valence electrons. The molecule has 0 aliphatic carbocycles. The van der Waals surface area contributed by atoms with Crippen molar-refractivity contribution in [3.8, 4) is 5.75 Å². The number of aliphatic carboxylic acids is 1. The number of carbonyl (C=O) groups is 2. The van der Waals surface area contributed by atoms with E-state index in [1.165, 1.54) is 6.33 Å². The van der Waals surface area contributed by atoms with Gasteiger partial charge in [0.15, 0.2) is 0 Å². The minimum absolute atomic E-state index is 0.0261. The lowest BCUT2D eigenvalue weighted by atomic mass is 9.89. The molecule has 8 heteroatoms. The summed E-state index contributed by atoms with van der Waals surface area (Å²) >= 11 is 0. The number of benzene rings is 1. The van der Waals surface area contributed by atoms with Crippen molar-refractivity contribution in [2.75, 3.05) is 20.2 Å². The summed E-state index contributed by atoms with van der Waals surface area (Å²) in [4.78, 5) is 29.7. The van der Waals surface area contributed by atoms with Crippen LogP contribution in [0.1, 0.15) is 24.3 Å². The van der Waals surface area contributed by atoms with E-state index in [-0.39, 0.29) is 18.4 Å². The zero-order valence-corrected chi connectivity index (χ0v) is 14.6. The number of rotatable bonds is 7. The van der Waals surface area contributed by atoms with Gasteiger partial charge in [0, 0.05) is 32.0 Å². The molecule has 1 aliphatic rings. The first-order valence-electron chi connectivity index (χ1n) is 8.55. The normalized spacial score (nSPS) is 19.5. The van der Waals surface area contributed by atoms with Crippen LogP contribution in [-0.2, 0) is 16.1 Å². The Morgan fingerprint density at radius 1 is 1.35 bits per heavy atom. The summed E-state index contributed by atoms with van der Waals surface area (Å²) in [5.41, 5.74) is 0.884. The fourth-order valence-corrected chi connectivity index (χ4v) is 3.37. The van der Waals surface area contributed by atoms with Crippen molar-refractivity contribution >= 4 is 11.9 Å². The topological polar surface area (TPSA) is 97.5 Å². The lowest BCUT2D eigenvalue weighted by Crippen LogP contribution is -2.29. The summed E-state index contributed by atoms with van der Waals surface area (Å²) in [5, 5.41) is 13.6. The smallest absolute Gasteiger partial charge is 0.308 e. The highest BCUT2D eigenvalue weighted by molar-refractivity contribution is 5.79. The summed E-state index contributed by atoms with van der Waals surface area (Å²) < 4.78 is 6.91. The van der Waals surface area contributed by atoms with Crippen molar-refractivity contribution in [2.45, 2.75) is 25.3 Å². The molecular weight excluding hydrogens is 336 g/mol. The molecule has 2 heterocycles. The number of carboxylic acids is 1. The Morgan fingerprint density at radius 2 is 2.19 bits per heavy atom. The van der Waals surface area contributed by atoms with Crippen molar-refractivity contribution in [1.29, 1.82) is 0 Å². The van der Waals surface area contributed by atoms with Gasteiger partial charge in [0.25, 0.3) is 0 Å². The number of amides is 1. The van der Waals surface area contributed by atoms with Crippen LogP contribution in [-0.4, -0.2) is 56.8 Å². The quantitative estimate of drug-likeness (QED) is 0.803. The van der Waals surface area contributed by atoms with Gasteiger partial charge in [-0.05, 0) is 24.1 Å². The number of hydrogen-bond acceptors (Lipinski definition) is 5. The van der Waals surface area contributed by atoms with E-state index in [1.807, 2.05) is 24.3 Å². The molecule has 1 aromatic carbocycles. The van der Waals surface area contributed by atoms with Crippen LogP contribution in [0, 0.1) is 5.92 Å². The van der Waals surface area contributed by atoms with E-state index in [4.69, 9.17) is 4.74 Å². The van der Waals surface area contributed by atoms with Gasteiger partial charge in [-0.1, -0.05) is 12.1 Å². The fraction of sp³-hybridized carbons (Fsp3) is 0.444. The van der Waals surface area contributed by atoms with E-state index in [0.29, 0.717) is 31.7 Å². The molecule has 0 saturated carbocycles. The third-order valence-corrected chi connectivity index (χ3v) is 4.76. The van der Waals surface area contributed by atoms with Gasteiger partial charge < -0.3 is 14.7 Å². The van der Waals surface area contributed by atoms with Gasteiger partial charge in [-0.15, -0.1) is 0 Å². The van der Waals surface area contributed by atoms with E-state index in [0.717, 1.165) is 5.56 Å². The number of aromatic nitrogens is 3. The molecule has 3 rings (SSSR count). The van der Waals surface area contributed by atoms with E-state index >= 15 is 0 Å². The second kappa shape index (κ2) is 7.99. The minimum atomic E-state index is -0.879. The maximum Gasteiger partial charge on any atom is 0.308 e. The average Bonchev–Trinajstić information content (AvgIpc) is 3.31. The number of hydrogen-bond donors (Lipinski definition) is 1. The first-order valence-corrected chi connectivity index (χ1v) is 8.55. The molecule has 1 saturated heterocycles. The van der Waals surface area contributed by atoms with Crippen molar-refractivity contribution in [1.82, 2.24) is 19.7 Å². The molecule has 1 fully saturated rings. The second-order valence-corrected chi connectivity index (χ2v) is 6.39. The molecule has 2 atom stereocenters. The number of likely N-dealkylation sites (tertiary alicyclic amines) is 1. The van der Waals surface area contributed by atoms with Crippen molar-refractivity contribution in [3.05, 3.63) is 42.5 Å². The number of carbonyl (C=O) groups excluding carboxylic acids is 1. The largest absolute Gasteiger partial charge is 0.497 e. The van der Waals surface area contributed by atoms with Crippen LogP contribution < -0.4 is 4.74 Å². The number of ether oxygens (including phenoxy) is 1. The first-order chi connectivity index (χ1) is 12.6. The SMILES string of the molecule is COc1cccc([C@@H]2CN(C(=O)CCCn3cncn3)C[C@H]2C(=O)O)c1. The van der Waals surface area contributed by atoms with Gasteiger partial charge >= 0.3 is 5.97 Å². The van der Waals surface area contributed by atoms with Gasteiger partial charge in [-0.3, -0.25) is 14.3 Å². The van der Waals surface area contributed by atoms with Gasteiger partial charge in [0.05, 0.1) is 13.0 Å². The Morgan fingerprint density at radius 3 is 2.88 bits per heavy atom. The van der Waals surface area contributed by atoms with Crippen LogP contribution in [0.3, 0.4) is 0 Å². The van der Waals surface area contributed by atoms with Crippen molar-refractivity contribution in [2.24, 2.45) is 5.92 Å². The zero-order valence-electron chi connectivity index (χ0n) is 14.6. The van der Waals surface area contributed by atoms with E-state index < -0.39 is 11.9 Å². The average molecular weight is 358 g/mol. The van der Waals surface area contributed by atoms with E-state index in [9.17, 15) is 14.7 Å². The summed E-state index contributed by atoms with van der Waals surface area (Å²) in [6, 6.07) is 7.40. The molecule has 2 aromatic rings. The third-order valence-electron chi connectivity index (χ3n) is 4.76. The molecule has 26 heavy (non-hydrogen) atoms. The van der Waals surface area contributed by atoms with Crippen molar-refractivity contribution < 1.29 is 19.4 Å². The molecule has 0 unspecified atom stereocenters. The second-order valence-electron chi connectivity index (χ2n) is 6.39. The summed E-state index contributed by atoms with van der Waals surface area (Å²) in [6.07, 6.45) is 4.06. The molecule has 0 bridgehead atoms. The van der Waals surface area contributed by atoms with Crippen LogP contribution in [0.5, 0.6) is 5.75 Å². The molecule has 1 aliphatic heterocycles. The molecular formula is C18H22N4O4. The predicted molar refractivity (Wildman–Crippen MR) is 92.7 cm³/mol. The molecule has 0 radical (unpaired) electrons. The highest BCUT2D eigenvalue weighted by Gasteiger charge is 2.40. The third kappa shape index (κ3) is 4.01. The lowest BCUT2D eigenvalue weighted by Gasteiger charge is -2.17. The Labute approximate surface area is 151 Å². The highest BCUT2D eigenvalue weighted by atomic mass is 16.5. The molecule has 8 nitrogen and oxygen atoms in total. The van der Waals surface area contributed by atoms with Crippen LogP contribution in [0.15, 0.2) is 36.9 Å². The monoisotopic (exact) mass is 358 g/mol. The summed E-state index contributed by atoms with van der Waals surface area (Å²) in [7, 11) is 1.58. The maximum atomic E-state index is 12.5. The number of carboxylic acid groups (broad SMARTS) is 1. The predicted octanol–water partition coefficient (Wildman–Crippen LogP) is 1.39. The zero-order chi connectivity index (χ0) is 18.5. The summed E-state index contributed by atoms with van der Waals surface area (Å²) in [5.74, 6) is -1.06.